The second kappa shape index (κ2) is 3.91. The van der Waals surface area contributed by atoms with Crippen molar-refractivity contribution in [3.8, 4) is 0 Å². The standard InChI is InChI=1S/C14H20N2Si/c1-14(2,3)17(4,5)12-8-10-15-11-7-6-9-16-13(11)12/h6-10H,1-5H3. The first-order valence-corrected chi connectivity index (χ1v) is 9.04. The SMILES string of the molecule is CC(C)(C)[Si](C)(C)c1ccnc2cccnc12. The number of aromatic nitrogens is 2. The Kier molecular flexibility index (Phi) is 2.82. The fraction of sp³-hybridized carbons (Fsp3) is 0.429. The molecule has 0 aliphatic heterocycles. The lowest BCUT2D eigenvalue weighted by Crippen LogP contribution is -2.50. The second-order valence-electron chi connectivity index (χ2n) is 6.10. The van der Waals surface area contributed by atoms with Gasteiger partial charge in [-0.15, -0.1) is 0 Å². The lowest BCUT2D eigenvalue weighted by molar-refractivity contribution is 0.730. The number of hydrogen-bond acceptors (Lipinski definition) is 2. The molecule has 0 radical (unpaired) electrons. The fourth-order valence-electron chi connectivity index (χ4n) is 1.89. The molecule has 0 aliphatic rings. The molecule has 0 unspecified atom stereocenters. The van der Waals surface area contributed by atoms with E-state index in [-0.39, 0.29) is 0 Å². The van der Waals surface area contributed by atoms with Crippen molar-refractivity contribution in [3.63, 3.8) is 0 Å². The summed E-state index contributed by atoms with van der Waals surface area (Å²) in [5.74, 6) is 0. The van der Waals surface area contributed by atoms with Gasteiger partial charge in [0.25, 0.3) is 0 Å². The molecule has 0 saturated carbocycles. The monoisotopic (exact) mass is 244 g/mol. The summed E-state index contributed by atoms with van der Waals surface area (Å²) in [6.45, 7) is 11.8. The maximum atomic E-state index is 4.53. The van der Waals surface area contributed by atoms with Gasteiger partial charge in [0, 0.05) is 12.4 Å². The van der Waals surface area contributed by atoms with Crippen LogP contribution in [0.2, 0.25) is 18.1 Å². The highest BCUT2D eigenvalue weighted by Crippen LogP contribution is 2.36. The van der Waals surface area contributed by atoms with Gasteiger partial charge in [0.1, 0.15) is 0 Å². The first-order chi connectivity index (χ1) is 7.84. The molecule has 2 nitrogen and oxygen atoms in total. The summed E-state index contributed by atoms with van der Waals surface area (Å²) in [5.41, 5.74) is 2.09. The molecule has 2 heterocycles. The van der Waals surface area contributed by atoms with Crippen molar-refractivity contribution < 1.29 is 0 Å². The molecular formula is C14H20N2Si. The van der Waals surface area contributed by atoms with Crippen LogP contribution in [0.5, 0.6) is 0 Å². The third-order valence-electron chi connectivity index (χ3n) is 4.04. The average Bonchev–Trinajstić information content (AvgIpc) is 2.26. The van der Waals surface area contributed by atoms with E-state index < -0.39 is 8.07 Å². The molecule has 0 N–H and O–H groups in total. The minimum atomic E-state index is -1.55. The summed E-state index contributed by atoms with van der Waals surface area (Å²) in [5, 5.41) is 1.73. The maximum Gasteiger partial charge on any atom is 0.0889 e. The minimum absolute atomic E-state index is 0.318. The first kappa shape index (κ1) is 12.2. The van der Waals surface area contributed by atoms with Gasteiger partial charge in [-0.3, -0.25) is 9.97 Å². The van der Waals surface area contributed by atoms with Gasteiger partial charge >= 0.3 is 0 Å². The van der Waals surface area contributed by atoms with Crippen molar-refractivity contribution in [2.75, 3.05) is 0 Å². The van der Waals surface area contributed by atoms with Crippen molar-refractivity contribution in [2.24, 2.45) is 0 Å². The molecule has 0 bridgehead atoms. The van der Waals surface area contributed by atoms with E-state index in [9.17, 15) is 0 Å². The zero-order valence-corrected chi connectivity index (χ0v) is 12.3. The highest BCUT2D eigenvalue weighted by molar-refractivity contribution is 6.93. The summed E-state index contributed by atoms with van der Waals surface area (Å²) >= 11 is 0. The molecule has 90 valence electrons. The Hall–Kier alpha value is -1.22. The summed E-state index contributed by atoms with van der Waals surface area (Å²) in [4.78, 5) is 8.93. The van der Waals surface area contributed by atoms with Crippen LogP contribution >= 0.6 is 0 Å². The summed E-state index contributed by atoms with van der Waals surface area (Å²) in [7, 11) is -1.55. The summed E-state index contributed by atoms with van der Waals surface area (Å²) < 4.78 is 0. The lowest BCUT2D eigenvalue weighted by Gasteiger charge is -2.37. The zero-order valence-electron chi connectivity index (χ0n) is 11.3. The molecule has 0 aromatic carbocycles. The van der Waals surface area contributed by atoms with Crippen molar-refractivity contribution in [3.05, 3.63) is 30.6 Å². The predicted molar refractivity (Wildman–Crippen MR) is 76.4 cm³/mol. The van der Waals surface area contributed by atoms with E-state index in [1.165, 1.54) is 5.19 Å². The maximum absolute atomic E-state index is 4.53. The smallest absolute Gasteiger partial charge is 0.0889 e. The van der Waals surface area contributed by atoms with Crippen LogP contribution in [0.15, 0.2) is 30.6 Å². The molecule has 0 saturated heterocycles. The van der Waals surface area contributed by atoms with Crippen LogP contribution < -0.4 is 5.19 Å². The topological polar surface area (TPSA) is 25.8 Å². The van der Waals surface area contributed by atoms with E-state index >= 15 is 0 Å². The van der Waals surface area contributed by atoms with Crippen LogP contribution in [0, 0.1) is 0 Å². The largest absolute Gasteiger partial charge is 0.255 e. The van der Waals surface area contributed by atoms with Gasteiger partial charge in [0.2, 0.25) is 0 Å². The Morgan fingerprint density at radius 1 is 1.00 bits per heavy atom. The molecule has 2 aromatic rings. The molecule has 0 spiro atoms. The lowest BCUT2D eigenvalue weighted by atomic mass is 10.2. The molecular weight excluding hydrogens is 224 g/mol. The van der Waals surface area contributed by atoms with E-state index in [0.29, 0.717) is 5.04 Å². The van der Waals surface area contributed by atoms with Crippen molar-refractivity contribution >= 4 is 24.3 Å². The Morgan fingerprint density at radius 3 is 2.35 bits per heavy atom. The second-order valence-corrected chi connectivity index (χ2v) is 11.4. The van der Waals surface area contributed by atoms with E-state index in [2.05, 4.69) is 49.9 Å². The van der Waals surface area contributed by atoms with Crippen LogP contribution in [0.3, 0.4) is 0 Å². The van der Waals surface area contributed by atoms with Gasteiger partial charge in [0.15, 0.2) is 0 Å². The molecule has 0 aliphatic carbocycles. The van der Waals surface area contributed by atoms with Gasteiger partial charge in [0.05, 0.1) is 19.1 Å². The number of hydrogen-bond donors (Lipinski definition) is 0. The van der Waals surface area contributed by atoms with Crippen molar-refractivity contribution in [1.82, 2.24) is 9.97 Å². The molecule has 3 heteroatoms. The van der Waals surface area contributed by atoms with Crippen LogP contribution in [0.1, 0.15) is 20.8 Å². The van der Waals surface area contributed by atoms with Crippen LogP contribution in [0.25, 0.3) is 11.0 Å². The van der Waals surface area contributed by atoms with E-state index in [4.69, 9.17) is 0 Å². The van der Waals surface area contributed by atoms with Gasteiger partial charge in [-0.2, -0.15) is 0 Å². The van der Waals surface area contributed by atoms with Gasteiger partial charge in [-0.05, 0) is 28.4 Å². The first-order valence-electron chi connectivity index (χ1n) is 6.04. The Labute approximate surface area is 104 Å². The average molecular weight is 244 g/mol. The molecule has 0 fully saturated rings. The number of pyridine rings is 2. The summed E-state index contributed by atoms with van der Waals surface area (Å²) in [6.07, 6.45) is 3.78. The van der Waals surface area contributed by atoms with Crippen LogP contribution in [-0.2, 0) is 0 Å². The number of rotatable bonds is 1. The third kappa shape index (κ3) is 1.99. The van der Waals surface area contributed by atoms with Gasteiger partial charge < -0.3 is 0 Å². The highest BCUT2D eigenvalue weighted by atomic mass is 28.3. The van der Waals surface area contributed by atoms with Gasteiger partial charge in [-0.1, -0.05) is 33.9 Å². The molecule has 0 amide bonds. The normalized spacial score (nSPS) is 13.0. The van der Waals surface area contributed by atoms with E-state index in [1.807, 2.05) is 24.5 Å². The Balaban J connectivity index is 2.72. The zero-order chi connectivity index (χ0) is 12.7. The highest BCUT2D eigenvalue weighted by Gasteiger charge is 2.38. The minimum Gasteiger partial charge on any atom is -0.255 e. The Bertz CT molecular complexity index is 536. The predicted octanol–water partition coefficient (Wildman–Crippen LogP) is 3.35. The van der Waals surface area contributed by atoms with E-state index in [0.717, 1.165) is 11.0 Å². The molecule has 0 atom stereocenters. The number of fused-ring (bicyclic) bond motifs is 1. The van der Waals surface area contributed by atoms with Gasteiger partial charge in [-0.25, -0.2) is 0 Å². The molecule has 2 aromatic heterocycles. The Morgan fingerprint density at radius 2 is 1.71 bits per heavy atom. The van der Waals surface area contributed by atoms with Crippen molar-refractivity contribution in [2.45, 2.75) is 38.9 Å². The third-order valence-corrected chi connectivity index (χ3v) is 9.54. The summed E-state index contributed by atoms with van der Waals surface area (Å²) in [6, 6.07) is 6.15. The molecule has 17 heavy (non-hydrogen) atoms. The fourth-order valence-corrected chi connectivity index (χ4v) is 3.97. The van der Waals surface area contributed by atoms with Crippen molar-refractivity contribution in [1.29, 1.82) is 0 Å². The van der Waals surface area contributed by atoms with Crippen LogP contribution in [0.4, 0.5) is 0 Å². The van der Waals surface area contributed by atoms with Crippen LogP contribution in [-0.4, -0.2) is 18.0 Å². The quantitative estimate of drug-likeness (QED) is 0.719. The number of nitrogens with zero attached hydrogens (tertiary/aromatic N) is 2. The molecule has 2 rings (SSSR count). The van der Waals surface area contributed by atoms with E-state index in [1.54, 1.807) is 0 Å².